The normalized spacial score (nSPS) is 27.5. The number of fused-ring (bicyclic) bond motifs is 1. The zero-order valence-corrected chi connectivity index (χ0v) is 15.8. The molecule has 2 aromatic rings. The van der Waals surface area contributed by atoms with Crippen molar-refractivity contribution in [2.75, 3.05) is 6.61 Å². The highest BCUT2D eigenvalue weighted by Gasteiger charge is 2.36. The summed E-state index contributed by atoms with van der Waals surface area (Å²) in [5, 5.41) is 9.51. The van der Waals surface area contributed by atoms with Gasteiger partial charge in [0.05, 0.1) is 6.61 Å². The van der Waals surface area contributed by atoms with Crippen LogP contribution in [0.25, 0.3) is 0 Å². The van der Waals surface area contributed by atoms with Crippen LogP contribution in [0, 0.1) is 11.7 Å². The second-order valence-electron chi connectivity index (χ2n) is 8.66. The van der Waals surface area contributed by atoms with Crippen molar-refractivity contribution in [3.63, 3.8) is 0 Å². The van der Waals surface area contributed by atoms with E-state index in [1.54, 1.807) is 12.1 Å². The number of benzene rings is 2. The first-order valence-corrected chi connectivity index (χ1v) is 10.0. The second kappa shape index (κ2) is 7.41. The van der Waals surface area contributed by atoms with Crippen LogP contribution in [0.15, 0.2) is 36.4 Å². The van der Waals surface area contributed by atoms with E-state index in [0.717, 1.165) is 50.5 Å². The van der Waals surface area contributed by atoms with Crippen molar-refractivity contribution in [3.05, 3.63) is 64.5 Å². The Labute approximate surface area is 162 Å². The van der Waals surface area contributed by atoms with E-state index in [9.17, 15) is 9.50 Å². The van der Waals surface area contributed by atoms with Crippen LogP contribution in [0.1, 0.15) is 53.9 Å². The molecule has 0 amide bonds. The van der Waals surface area contributed by atoms with Gasteiger partial charge < -0.3 is 10.8 Å². The number of halogens is 1. The van der Waals surface area contributed by atoms with Crippen LogP contribution in [0.5, 0.6) is 0 Å². The molecule has 0 aliphatic heterocycles. The van der Waals surface area contributed by atoms with E-state index >= 15 is 0 Å². The zero-order chi connectivity index (χ0) is 19.0. The SMILES string of the molecule is [B]c1ccc(C[C@@H]2CCc3cc([C@H]4CC[C@](N)(CO)C4)ccc3C2)cc1F. The van der Waals surface area contributed by atoms with Crippen LogP contribution in [0.4, 0.5) is 4.39 Å². The van der Waals surface area contributed by atoms with E-state index in [1.165, 1.54) is 16.7 Å². The van der Waals surface area contributed by atoms with Gasteiger partial charge in [0.1, 0.15) is 13.7 Å². The lowest BCUT2D eigenvalue weighted by Crippen LogP contribution is -2.40. The Hall–Kier alpha value is -1.65. The van der Waals surface area contributed by atoms with Gasteiger partial charge in [0.15, 0.2) is 0 Å². The second-order valence-corrected chi connectivity index (χ2v) is 8.66. The summed E-state index contributed by atoms with van der Waals surface area (Å²) in [5.41, 5.74) is 11.3. The third-order valence-corrected chi connectivity index (χ3v) is 6.58. The molecule has 0 bridgehead atoms. The Balaban J connectivity index is 1.44. The number of nitrogens with two attached hydrogens (primary N) is 1. The highest BCUT2D eigenvalue weighted by molar-refractivity contribution is 6.32. The lowest BCUT2D eigenvalue weighted by molar-refractivity contribution is 0.198. The molecular weight excluding hydrogens is 336 g/mol. The largest absolute Gasteiger partial charge is 0.394 e. The predicted molar refractivity (Wildman–Crippen MR) is 108 cm³/mol. The summed E-state index contributed by atoms with van der Waals surface area (Å²) in [4.78, 5) is 0. The van der Waals surface area contributed by atoms with E-state index in [2.05, 4.69) is 18.2 Å². The van der Waals surface area contributed by atoms with Crippen molar-refractivity contribution in [1.82, 2.24) is 0 Å². The highest BCUT2D eigenvalue weighted by Crippen LogP contribution is 2.40. The maximum atomic E-state index is 13.7. The Kier molecular flexibility index (Phi) is 5.13. The number of hydrogen-bond donors (Lipinski definition) is 2. The first-order chi connectivity index (χ1) is 13.0. The van der Waals surface area contributed by atoms with Gasteiger partial charge >= 0.3 is 0 Å². The Bertz CT molecular complexity index is 839. The van der Waals surface area contributed by atoms with Gasteiger partial charge in [-0.1, -0.05) is 35.8 Å². The molecule has 3 N–H and O–H groups in total. The Morgan fingerprint density at radius 2 is 2.00 bits per heavy atom. The van der Waals surface area contributed by atoms with Crippen molar-refractivity contribution in [3.8, 4) is 0 Å². The fourth-order valence-corrected chi connectivity index (χ4v) is 4.89. The van der Waals surface area contributed by atoms with E-state index in [-0.39, 0.29) is 17.9 Å². The van der Waals surface area contributed by atoms with Crippen molar-refractivity contribution in [2.45, 2.75) is 56.4 Å². The standard InChI is InChI=1S/C23H27BFNO/c24-21-6-2-16(11-22(21)25)9-15-1-3-18-12-19(5-4-17(18)10-15)20-7-8-23(26,13-20)14-27/h2,4-6,11-12,15,20,27H,1,3,7-10,13-14,26H2/t15-,20-,23+/m0/s1. The fraction of sp³-hybridized carbons (Fsp3) is 0.478. The van der Waals surface area contributed by atoms with Crippen LogP contribution in [-0.4, -0.2) is 25.1 Å². The maximum Gasteiger partial charge on any atom is 0.117 e. The summed E-state index contributed by atoms with van der Waals surface area (Å²) >= 11 is 0. The molecule has 2 aliphatic rings. The van der Waals surface area contributed by atoms with Crippen molar-refractivity contribution in [1.29, 1.82) is 0 Å². The molecule has 4 heteroatoms. The molecule has 140 valence electrons. The molecule has 0 unspecified atom stereocenters. The Morgan fingerprint density at radius 3 is 2.74 bits per heavy atom. The summed E-state index contributed by atoms with van der Waals surface area (Å²) < 4.78 is 13.7. The number of aliphatic hydroxyl groups excluding tert-OH is 1. The van der Waals surface area contributed by atoms with Gasteiger partial charge in [-0.25, -0.2) is 4.39 Å². The van der Waals surface area contributed by atoms with Gasteiger partial charge in [-0.3, -0.25) is 0 Å². The van der Waals surface area contributed by atoms with Crippen LogP contribution in [-0.2, 0) is 19.3 Å². The summed E-state index contributed by atoms with van der Waals surface area (Å²) in [6.07, 6.45) is 6.97. The summed E-state index contributed by atoms with van der Waals surface area (Å²) in [7, 11) is 5.58. The van der Waals surface area contributed by atoms with E-state index in [0.29, 0.717) is 11.8 Å². The lowest BCUT2D eigenvalue weighted by atomic mass is 9.79. The molecule has 2 aromatic carbocycles. The van der Waals surface area contributed by atoms with Gasteiger partial charge in [0.25, 0.3) is 0 Å². The topological polar surface area (TPSA) is 46.2 Å². The van der Waals surface area contributed by atoms with Crippen molar-refractivity contribution >= 4 is 13.3 Å². The fourth-order valence-electron chi connectivity index (χ4n) is 4.89. The molecule has 0 heterocycles. The van der Waals surface area contributed by atoms with Crippen LogP contribution in [0.2, 0.25) is 0 Å². The van der Waals surface area contributed by atoms with Crippen LogP contribution < -0.4 is 11.2 Å². The molecule has 0 spiro atoms. The molecule has 2 radical (unpaired) electrons. The van der Waals surface area contributed by atoms with Gasteiger partial charge in [0, 0.05) is 5.54 Å². The molecule has 0 aromatic heterocycles. The first-order valence-electron chi connectivity index (χ1n) is 10.0. The summed E-state index contributed by atoms with van der Waals surface area (Å²) in [6.45, 7) is 0.0713. The predicted octanol–water partition coefficient (Wildman–Crippen LogP) is 2.92. The third kappa shape index (κ3) is 3.97. The van der Waals surface area contributed by atoms with Gasteiger partial charge in [0.2, 0.25) is 0 Å². The minimum atomic E-state index is -0.403. The number of aryl methyl sites for hydroxylation is 1. The lowest BCUT2D eigenvalue weighted by Gasteiger charge is -2.26. The Morgan fingerprint density at radius 1 is 1.15 bits per heavy atom. The molecule has 3 atom stereocenters. The van der Waals surface area contributed by atoms with E-state index in [4.69, 9.17) is 13.6 Å². The number of rotatable bonds is 4. The van der Waals surface area contributed by atoms with Crippen LogP contribution in [0.3, 0.4) is 0 Å². The minimum absolute atomic E-state index is 0.0713. The van der Waals surface area contributed by atoms with Gasteiger partial charge in [-0.05, 0) is 85.1 Å². The monoisotopic (exact) mass is 363 g/mol. The van der Waals surface area contributed by atoms with Crippen molar-refractivity contribution < 1.29 is 9.50 Å². The number of hydrogen-bond acceptors (Lipinski definition) is 2. The average Bonchev–Trinajstić information content (AvgIpc) is 3.07. The van der Waals surface area contributed by atoms with Crippen LogP contribution >= 0.6 is 0 Å². The van der Waals surface area contributed by atoms with Gasteiger partial charge in [-0.15, -0.1) is 0 Å². The van der Waals surface area contributed by atoms with E-state index < -0.39 is 5.54 Å². The zero-order valence-electron chi connectivity index (χ0n) is 15.8. The molecule has 0 saturated heterocycles. The molecule has 4 rings (SSSR count). The highest BCUT2D eigenvalue weighted by atomic mass is 19.1. The molecule has 2 aliphatic carbocycles. The minimum Gasteiger partial charge on any atom is -0.394 e. The molecule has 2 nitrogen and oxygen atoms in total. The summed E-state index contributed by atoms with van der Waals surface area (Å²) in [6, 6.07) is 12.1. The molecular formula is C23H27BFNO. The molecule has 1 fully saturated rings. The van der Waals surface area contributed by atoms with E-state index in [1.807, 2.05) is 6.07 Å². The smallest absolute Gasteiger partial charge is 0.117 e. The van der Waals surface area contributed by atoms with Gasteiger partial charge in [-0.2, -0.15) is 0 Å². The number of aliphatic hydroxyl groups is 1. The van der Waals surface area contributed by atoms with Crippen molar-refractivity contribution in [2.24, 2.45) is 11.7 Å². The molecule has 1 saturated carbocycles. The maximum absolute atomic E-state index is 13.7. The quantitative estimate of drug-likeness (QED) is 0.821. The first kappa shape index (κ1) is 18.7. The average molecular weight is 363 g/mol. The molecule has 27 heavy (non-hydrogen) atoms. The third-order valence-electron chi connectivity index (χ3n) is 6.58. The summed E-state index contributed by atoms with van der Waals surface area (Å²) in [5.74, 6) is 0.690.